The lowest BCUT2D eigenvalue weighted by Gasteiger charge is -2.06. The SMILES string of the molecule is [CH2]CCCCOOC(=O)c1cccc(-c2ccccc2)c1. The van der Waals surface area contributed by atoms with E-state index in [4.69, 9.17) is 9.78 Å². The lowest BCUT2D eigenvalue weighted by Crippen LogP contribution is -2.07. The van der Waals surface area contributed by atoms with Crippen molar-refractivity contribution in [3.8, 4) is 11.1 Å². The minimum absolute atomic E-state index is 0.402. The molecule has 2 aromatic carbocycles. The van der Waals surface area contributed by atoms with E-state index >= 15 is 0 Å². The summed E-state index contributed by atoms with van der Waals surface area (Å²) in [6, 6.07) is 17.2. The number of hydrogen-bond donors (Lipinski definition) is 0. The summed E-state index contributed by atoms with van der Waals surface area (Å²) in [5.74, 6) is -0.470. The van der Waals surface area contributed by atoms with Crippen LogP contribution in [0.25, 0.3) is 11.1 Å². The Balaban J connectivity index is 1.96. The van der Waals surface area contributed by atoms with Crippen LogP contribution in [0.3, 0.4) is 0 Å². The lowest BCUT2D eigenvalue weighted by atomic mass is 10.0. The topological polar surface area (TPSA) is 35.5 Å². The predicted octanol–water partition coefficient (Wildman–Crippen LogP) is 4.45. The molecule has 3 heteroatoms. The third-order valence-electron chi connectivity index (χ3n) is 3.07. The molecule has 0 unspecified atom stereocenters. The van der Waals surface area contributed by atoms with Crippen LogP contribution in [0.4, 0.5) is 0 Å². The van der Waals surface area contributed by atoms with Crippen molar-refractivity contribution in [2.24, 2.45) is 0 Å². The predicted molar refractivity (Wildman–Crippen MR) is 82.5 cm³/mol. The number of hydrogen-bond acceptors (Lipinski definition) is 3. The summed E-state index contributed by atoms with van der Waals surface area (Å²) in [7, 11) is 0. The van der Waals surface area contributed by atoms with Gasteiger partial charge in [0.05, 0.1) is 12.2 Å². The highest BCUT2D eigenvalue weighted by atomic mass is 17.2. The van der Waals surface area contributed by atoms with Gasteiger partial charge in [0.15, 0.2) is 0 Å². The van der Waals surface area contributed by atoms with Gasteiger partial charge in [-0.15, -0.1) is 0 Å². The van der Waals surface area contributed by atoms with E-state index < -0.39 is 5.97 Å². The molecule has 0 saturated carbocycles. The van der Waals surface area contributed by atoms with Gasteiger partial charge >= 0.3 is 5.97 Å². The Kier molecular flexibility index (Phi) is 5.98. The summed E-state index contributed by atoms with van der Waals surface area (Å²) in [6.07, 6.45) is 2.65. The molecule has 0 aliphatic carbocycles. The van der Waals surface area contributed by atoms with E-state index in [9.17, 15) is 4.79 Å². The first-order chi connectivity index (χ1) is 10.3. The zero-order valence-corrected chi connectivity index (χ0v) is 12.0. The first-order valence-electron chi connectivity index (χ1n) is 7.10. The van der Waals surface area contributed by atoms with Gasteiger partial charge in [0.1, 0.15) is 0 Å². The zero-order chi connectivity index (χ0) is 14.9. The molecule has 0 N–H and O–H groups in total. The summed E-state index contributed by atoms with van der Waals surface area (Å²) in [5.41, 5.74) is 2.51. The van der Waals surface area contributed by atoms with Crippen LogP contribution >= 0.6 is 0 Å². The summed E-state index contributed by atoms with van der Waals surface area (Å²) < 4.78 is 0. The van der Waals surface area contributed by atoms with E-state index in [2.05, 4.69) is 6.92 Å². The highest BCUT2D eigenvalue weighted by Gasteiger charge is 2.09. The fourth-order valence-electron chi connectivity index (χ4n) is 1.94. The maximum absolute atomic E-state index is 11.9. The monoisotopic (exact) mass is 283 g/mol. The summed E-state index contributed by atoms with van der Waals surface area (Å²) >= 11 is 0. The molecule has 0 aliphatic rings. The molecule has 0 aromatic heterocycles. The Bertz CT molecular complexity index is 564. The quantitative estimate of drug-likeness (QED) is 0.428. The van der Waals surface area contributed by atoms with Crippen LogP contribution < -0.4 is 0 Å². The van der Waals surface area contributed by atoms with Gasteiger partial charge in [0.2, 0.25) is 0 Å². The number of carbonyl (C=O) groups is 1. The fraction of sp³-hybridized carbons (Fsp3) is 0.222. The second kappa shape index (κ2) is 8.22. The first kappa shape index (κ1) is 15.3. The van der Waals surface area contributed by atoms with Gasteiger partial charge in [-0.05, 0) is 29.7 Å². The molecule has 0 heterocycles. The molecule has 1 radical (unpaired) electrons. The third-order valence-corrected chi connectivity index (χ3v) is 3.07. The number of unbranched alkanes of at least 4 members (excludes halogenated alkanes) is 2. The van der Waals surface area contributed by atoms with E-state index in [1.807, 2.05) is 42.5 Å². The molecule has 0 amide bonds. The minimum atomic E-state index is -0.470. The molecule has 3 nitrogen and oxygen atoms in total. The normalized spacial score (nSPS) is 10.3. The second-order valence-corrected chi connectivity index (χ2v) is 4.70. The molecule has 2 rings (SSSR count). The van der Waals surface area contributed by atoms with E-state index in [-0.39, 0.29) is 0 Å². The smallest absolute Gasteiger partial charge is 0.293 e. The number of rotatable bonds is 7. The van der Waals surface area contributed by atoms with Gasteiger partial charge in [-0.25, -0.2) is 4.79 Å². The van der Waals surface area contributed by atoms with Crippen molar-refractivity contribution < 1.29 is 14.6 Å². The molecule has 21 heavy (non-hydrogen) atoms. The average Bonchev–Trinajstić information content (AvgIpc) is 2.55. The largest absolute Gasteiger partial charge is 0.373 e. The minimum Gasteiger partial charge on any atom is -0.293 e. The van der Waals surface area contributed by atoms with Gasteiger partial charge in [-0.1, -0.05) is 62.2 Å². The van der Waals surface area contributed by atoms with Crippen LogP contribution in [-0.2, 0) is 9.78 Å². The first-order valence-corrected chi connectivity index (χ1v) is 7.10. The lowest BCUT2D eigenvalue weighted by molar-refractivity contribution is -0.241. The van der Waals surface area contributed by atoms with Gasteiger partial charge in [-0.3, -0.25) is 4.89 Å². The maximum atomic E-state index is 11.9. The van der Waals surface area contributed by atoms with Crippen molar-refractivity contribution in [1.82, 2.24) is 0 Å². The van der Waals surface area contributed by atoms with Crippen LogP contribution in [0.15, 0.2) is 54.6 Å². The van der Waals surface area contributed by atoms with Gasteiger partial charge in [0, 0.05) is 0 Å². The van der Waals surface area contributed by atoms with E-state index in [1.165, 1.54) is 0 Å². The molecular formula is C18H19O3. The Morgan fingerprint density at radius 1 is 0.952 bits per heavy atom. The second-order valence-electron chi connectivity index (χ2n) is 4.70. The highest BCUT2D eigenvalue weighted by molar-refractivity contribution is 5.90. The Morgan fingerprint density at radius 2 is 1.71 bits per heavy atom. The van der Waals surface area contributed by atoms with E-state index in [0.717, 1.165) is 30.4 Å². The Hall–Kier alpha value is -2.13. The van der Waals surface area contributed by atoms with Gasteiger partial charge < -0.3 is 0 Å². The van der Waals surface area contributed by atoms with E-state index in [1.54, 1.807) is 12.1 Å². The molecule has 0 spiro atoms. The van der Waals surface area contributed by atoms with Crippen molar-refractivity contribution >= 4 is 5.97 Å². The molecule has 0 atom stereocenters. The summed E-state index contributed by atoms with van der Waals surface area (Å²) in [4.78, 5) is 21.6. The molecule has 0 bridgehead atoms. The fourth-order valence-corrected chi connectivity index (χ4v) is 1.94. The van der Waals surface area contributed by atoms with Crippen LogP contribution in [0.1, 0.15) is 29.6 Å². The zero-order valence-electron chi connectivity index (χ0n) is 12.0. The van der Waals surface area contributed by atoms with Crippen LogP contribution in [-0.4, -0.2) is 12.6 Å². The van der Waals surface area contributed by atoms with Crippen molar-refractivity contribution in [3.63, 3.8) is 0 Å². The van der Waals surface area contributed by atoms with Crippen LogP contribution in [0, 0.1) is 6.92 Å². The van der Waals surface area contributed by atoms with Crippen LogP contribution in [0.2, 0.25) is 0 Å². The van der Waals surface area contributed by atoms with Crippen molar-refractivity contribution in [2.75, 3.05) is 6.61 Å². The number of benzene rings is 2. The Labute approximate surface area is 125 Å². The highest BCUT2D eigenvalue weighted by Crippen LogP contribution is 2.20. The average molecular weight is 283 g/mol. The van der Waals surface area contributed by atoms with Crippen molar-refractivity contribution in [1.29, 1.82) is 0 Å². The summed E-state index contributed by atoms with van der Waals surface area (Å²) in [5, 5.41) is 0. The van der Waals surface area contributed by atoms with Crippen LogP contribution in [0.5, 0.6) is 0 Å². The van der Waals surface area contributed by atoms with E-state index in [0.29, 0.717) is 12.2 Å². The van der Waals surface area contributed by atoms with Gasteiger partial charge in [0.25, 0.3) is 0 Å². The summed E-state index contributed by atoms with van der Waals surface area (Å²) in [6.45, 7) is 4.14. The van der Waals surface area contributed by atoms with Crippen molar-refractivity contribution in [2.45, 2.75) is 19.3 Å². The molecule has 0 saturated heterocycles. The molecule has 109 valence electrons. The third kappa shape index (κ3) is 4.72. The molecule has 2 aromatic rings. The molecular weight excluding hydrogens is 264 g/mol. The number of carbonyl (C=O) groups excluding carboxylic acids is 1. The maximum Gasteiger partial charge on any atom is 0.373 e. The van der Waals surface area contributed by atoms with Crippen molar-refractivity contribution in [3.05, 3.63) is 67.1 Å². The Morgan fingerprint density at radius 3 is 2.48 bits per heavy atom. The molecule has 0 aliphatic heterocycles. The van der Waals surface area contributed by atoms with Gasteiger partial charge in [-0.2, -0.15) is 4.89 Å². The molecule has 0 fully saturated rings. The standard InChI is InChI=1S/C18H19O3/c1-2-3-7-13-20-21-18(19)17-12-8-11-16(14-17)15-9-5-4-6-10-15/h4-6,8-12,14H,1-3,7,13H2.